The van der Waals surface area contributed by atoms with Crippen LogP contribution in [-0.4, -0.2) is 17.0 Å². The summed E-state index contributed by atoms with van der Waals surface area (Å²) in [7, 11) is 0. The molecule has 0 radical (unpaired) electrons. The van der Waals surface area contributed by atoms with E-state index in [1.807, 2.05) is 0 Å². The van der Waals surface area contributed by atoms with E-state index in [2.05, 4.69) is 31.7 Å². The number of unbranched alkanes of at least 4 members (excludes halogenated alkanes) is 6. The third-order valence-electron chi connectivity index (χ3n) is 4.81. The Balaban J connectivity index is 2.50. The standard InChI is InChI=1S/C18H36N2/c1-4-6-8-10-14-18(3,15-11-9-7-5-2)20-16-12-13-17(20)19/h13H,4-12,14-16,19H2,1-3H3. The second-order valence-electron chi connectivity index (χ2n) is 6.69. The molecule has 0 fully saturated rings. The molecule has 0 saturated heterocycles. The maximum atomic E-state index is 6.21. The van der Waals surface area contributed by atoms with E-state index in [0.717, 1.165) is 18.8 Å². The van der Waals surface area contributed by atoms with Gasteiger partial charge >= 0.3 is 0 Å². The number of hydrogen-bond donors (Lipinski definition) is 1. The molecule has 0 unspecified atom stereocenters. The van der Waals surface area contributed by atoms with E-state index in [4.69, 9.17) is 5.73 Å². The van der Waals surface area contributed by atoms with Gasteiger partial charge in [0.2, 0.25) is 0 Å². The largest absolute Gasteiger partial charge is 0.386 e. The van der Waals surface area contributed by atoms with Crippen LogP contribution in [0, 0.1) is 0 Å². The van der Waals surface area contributed by atoms with E-state index in [1.54, 1.807) is 0 Å². The lowest BCUT2D eigenvalue weighted by Crippen LogP contribution is -2.46. The summed E-state index contributed by atoms with van der Waals surface area (Å²) < 4.78 is 0. The fourth-order valence-corrected chi connectivity index (χ4v) is 3.42. The van der Waals surface area contributed by atoms with Gasteiger partial charge in [-0.25, -0.2) is 0 Å². The van der Waals surface area contributed by atoms with Crippen molar-refractivity contribution < 1.29 is 0 Å². The Kier molecular flexibility index (Phi) is 8.09. The van der Waals surface area contributed by atoms with Crippen molar-refractivity contribution in [2.45, 2.75) is 96.9 Å². The highest BCUT2D eigenvalue weighted by Crippen LogP contribution is 2.33. The van der Waals surface area contributed by atoms with E-state index in [9.17, 15) is 0 Å². The number of nitrogens with zero attached hydrogens (tertiary/aromatic N) is 1. The Bertz CT molecular complexity index is 271. The third-order valence-corrected chi connectivity index (χ3v) is 4.81. The predicted octanol–water partition coefficient (Wildman–Crippen LogP) is 5.19. The van der Waals surface area contributed by atoms with Gasteiger partial charge in [-0.3, -0.25) is 0 Å². The molecular formula is C18H36N2. The van der Waals surface area contributed by atoms with Crippen LogP contribution in [0.15, 0.2) is 11.9 Å². The summed E-state index contributed by atoms with van der Waals surface area (Å²) >= 11 is 0. The minimum atomic E-state index is 0.290. The smallest absolute Gasteiger partial charge is 0.0950 e. The van der Waals surface area contributed by atoms with Gasteiger partial charge in [-0.1, -0.05) is 65.2 Å². The zero-order valence-corrected chi connectivity index (χ0v) is 14.1. The van der Waals surface area contributed by atoms with Gasteiger partial charge in [0.15, 0.2) is 0 Å². The quantitative estimate of drug-likeness (QED) is 0.528. The van der Waals surface area contributed by atoms with Crippen molar-refractivity contribution in [2.24, 2.45) is 5.73 Å². The fraction of sp³-hybridized carbons (Fsp3) is 0.889. The lowest BCUT2D eigenvalue weighted by Gasteiger charge is -2.41. The topological polar surface area (TPSA) is 29.3 Å². The Hall–Kier alpha value is -0.660. The zero-order chi connectivity index (χ0) is 14.8. The first-order valence-electron chi connectivity index (χ1n) is 8.87. The number of hydrogen-bond acceptors (Lipinski definition) is 2. The Morgan fingerprint density at radius 2 is 1.55 bits per heavy atom. The summed E-state index contributed by atoms with van der Waals surface area (Å²) in [6.45, 7) is 8.14. The van der Waals surface area contributed by atoms with Crippen molar-refractivity contribution in [1.82, 2.24) is 4.90 Å². The first-order chi connectivity index (χ1) is 9.64. The minimum absolute atomic E-state index is 0.290. The molecule has 0 bridgehead atoms. The van der Waals surface area contributed by atoms with Gasteiger partial charge in [0, 0.05) is 12.1 Å². The minimum Gasteiger partial charge on any atom is -0.386 e. The molecule has 0 atom stereocenters. The van der Waals surface area contributed by atoms with Crippen molar-refractivity contribution in [2.75, 3.05) is 6.54 Å². The number of rotatable bonds is 11. The highest BCUT2D eigenvalue weighted by Gasteiger charge is 2.32. The van der Waals surface area contributed by atoms with E-state index in [-0.39, 0.29) is 0 Å². The lowest BCUT2D eigenvalue weighted by atomic mass is 9.86. The molecule has 0 aromatic heterocycles. The number of nitrogens with two attached hydrogens (primary N) is 1. The second-order valence-corrected chi connectivity index (χ2v) is 6.69. The summed E-state index contributed by atoms with van der Waals surface area (Å²) in [5.41, 5.74) is 6.50. The van der Waals surface area contributed by atoms with E-state index in [1.165, 1.54) is 64.2 Å². The molecule has 1 rings (SSSR count). The molecule has 1 aliphatic rings. The zero-order valence-electron chi connectivity index (χ0n) is 14.1. The van der Waals surface area contributed by atoms with Crippen molar-refractivity contribution in [3.05, 3.63) is 11.9 Å². The molecule has 2 nitrogen and oxygen atoms in total. The Labute approximate surface area is 126 Å². The Morgan fingerprint density at radius 3 is 1.95 bits per heavy atom. The van der Waals surface area contributed by atoms with Gasteiger partial charge in [0.1, 0.15) is 0 Å². The van der Waals surface area contributed by atoms with Crippen LogP contribution in [0.2, 0.25) is 0 Å². The summed E-state index contributed by atoms with van der Waals surface area (Å²) in [5, 5.41) is 0. The maximum absolute atomic E-state index is 6.21. The van der Waals surface area contributed by atoms with Crippen molar-refractivity contribution in [3.8, 4) is 0 Å². The van der Waals surface area contributed by atoms with Crippen LogP contribution in [0.1, 0.15) is 91.4 Å². The highest BCUT2D eigenvalue weighted by atomic mass is 15.3. The predicted molar refractivity (Wildman–Crippen MR) is 89.5 cm³/mol. The van der Waals surface area contributed by atoms with Gasteiger partial charge < -0.3 is 10.6 Å². The first-order valence-corrected chi connectivity index (χ1v) is 8.87. The molecule has 0 spiro atoms. The SMILES string of the molecule is CCCCCCC(C)(CCCCCC)N1CCC=C1N. The first kappa shape index (κ1) is 17.4. The van der Waals surface area contributed by atoms with Crippen molar-refractivity contribution in [3.63, 3.8) is 0 Å². The molecule has 1 aliphatic heterocycles. The molecule has 1 heterocycles. The van der Waals surface area contributed by atoms with Crippen LogP contribution in [0.5, 0.6) is 0 Å². The molecular weight excluding hydrogens is 244 g/mol. The van der Waals surface area contributed by atoms with Crippen molar-refractivity contribution >= 4 is 0 Å². The van der Waals surface area contributed by atoms with Crippen LogP contribution < -0.4 is 5.73 Å². The van der Waals surface area contributed by atoms with Gasteiger partial charge in [-0.05, 0) is 32.3 Å². The average Bonchev–Trinajstić information content (AvgIpc) is 2.87. The van der Waals surface area contributed by atoms with Crippen molar-refractivity contribution in [1.29, 1.82) is 0 Å². The molecule has 20 heavy (non-hydrogen) atoms. The fourth-order valence-electron chi connectivity index (χ4n) is 3.42. The van der Waals surface area contributed by atoms with E-state index < -0.39 is 0 Å². The monoisotopic (exact) mass is 280 g/mol. The summed E-state index contributed by atoms with van der Waals surface area (Å²) in [6, 6.07) is 0. The molecule has 0 aromatic rings. The average molecular weight is 280 g/mol. The maximum Gasteiger partial charge on any atom is 0.0950 e. The summed E-state index contributed by atoms with van der Waals surface area (Å²) in [5.74, 6) is 1.03. The van der Waals surface area contributed by atoms with Gasteiger partial charge in [0.05, 0.1) is 5.82 Å². The summed E-state index contributed by atoms with van der Waals surface area (Å²) in [6.07, 6.45) is 16.8. The Morgan fingerprint density at radius 1 is 1.00 bits per heavy atom. The van der Waals surface area contributed by atoms with Crippen LogP contribution in [0.25, 0.3) is 0 Å². The van der Waals surface area contributed by atoms with Gasteiger partial charge in [0.25, 0.3) is 0 Å². The van der Waals surface area contributed by atoms with Crippen LogP contribution in [-0.2, 0) is 0 Å². The second kappa shape index (κ2) is 9.31. The van der Waals surface area contributed by atoms with Crippen LogP contribution in [0.4, 0.5) is 0 Å². The van der Waals surface area contributed by atoms with Crippen LogP contribution >= 0.6 is 0 Å². The van der Waals surface area contributed by atoms with E-state index >= 15 is 0 Å². The molecule has 0 aromatic carbocycles. The lowest BCUT2D eigenvalue weighted by molar-refractivity contribution is 0.128. The third kappa shape index (κ3) is 5.38. The van der Waals surface area contributed by atoms with Crippen LogP contribution in [0.3, 0.4) is 0 Å². The summed E-state index contributed by atoms with van der Waals surface area (Å²) in [4.78, 5) is 2.49. The molecule has 2 heteroatoms. The molecule has 118 valence electrons. The highest BCUT2D eigenvalue weighted by molar-refractivity contribution is 5.08. The molecule has 0 saturated carbocycles. The molecule has 0 aliphatic carbocycles. The molecule has 0 amide bonds. The molecule has 2 N–H and O–H groups in total. The van der Waals surface area contributed by atoms with E-state index in [0.29, 0.717) is 5.54 Å². The van der Waals surface area contributed by atoms with Gasteiger partial charge in [-0.15, -0.1) is 0 Å². The normalized spacial score (nSPS) is 15.8. The van der Waals surface area contributed by atoms with Gasteiger partial charge in [-0.2, -0.15) is 0 Å².